The molecule has 0 aromatic heterocycles. The summed E-state index contributed by atoms with van der Waals surface area (Å²) in [5, 5.41) is 22.6. The van der Waals surface area contributed by atoms with Gasteiger partial charge in [-0.05, 0) is 30.7 Å². The molecule has 0 aliphatic carbocycles. The van der Waals surface area contributed by atoms with Crippen LogP contribution in [0.25, 0.3) is 0 Å². The van der Waals surface area contributed by atoms with Crippen molar-refractivity contribution in [2.24, 2.45) is 0 Å². The number of imide groups is 1. The van der Waals surface area contributed by atoms with Gasteiger partial charge in [0.2, 0.25) is 5.91 Å². The first-order valence-electron chi connectivity index (χ1n) is 8.53. The van der Waals surface area contributed by atoms with E-state index in [0.717, 1.165) is 0 Å². The highest BCUT2D eigenvalue weighted by Gasteiger charge is 2.42. The monoisotopic (exact) mass is 397 g/mol. The standard InChI is InChI=1S/C19H15N3O7/c23-16(20-11-5-7-12(8-6-11)22(28)29)10-9-15(19(26)27)21-17(24)13-3-1-2-4-14(13)18(21)25/h1-8,15H,9-10H2,(H,20,23)(H,26,27)/t15-/m0/s1. The Bertz CT molecular complexity index is 982. The normalized spacial score (nSPS) is 13.7. The number of nitrogens with zero attached hydrogens (tertiary/aromatic N) is 2. The highest BCUT2D eigenvalue weighted by atomic mass is 16.6. The van der Waals surface area contributed by atoms with Gasteiger partial charge in [-0.15, -0.1) is 0 Å². The van der Waals surface area contributed by atoms with Gasteiger partial charge in [-0.2, -0.15) is 0 Å². The average Bonchev–Trinajstić information content (AvgIpc) is 2.94. The van der Waals surface area contributed by atoms with Crippen molar-refractivity contribution in [3.63, 3.8) is 0 Å². The van der Waals surface area contributed by atoms with E-state index >= 15 is 0 Å². The van der Waals surface area contributed by atoms with E-state index in [9.17, 15) is 34.4 Å². The molecule has 148 valence electrons. The first-order chi connectivity index (χ1) is 13.8. The number of carbonyl (C=O) groups excluding carboxylic acids is 3. The van der Waals surface area contributed by atoms with Gasteiger partial charge in [0, 0.05) is 24.2 Å². The van der Waals surface area contributed by atoms with Crippen LogP contribution in [0.1, 0.15) is 33.6 Å². The summed E-state index contributed by atoms with van der Waals surface area (Å²) >= 11 is 0. The molecule has 0 saturated heterocycles. The average molecular weight is 397 g/mol. The molecule has 3 amide bonds. The number of fused-ring (bicyclic) bond motifs is 1. The van der Waals surface area contributed by atoms with Crippen LogP contribution in [0.3, 0.4) is 0 Å². The molecule has 1 atom stereocenters. The number of nitrogens with one attached hydrogen (secondary N) is 1. The molecule has 2 aromatic rings. The number of non-ortho nitro benzene ring substituents is 1. The van der Waals surface area contributed by atoms with Crippen LogP contribution in [0.5, 0.6) is 0 Å². The molecule has 1 heterocycles. The van der Waals surface area contributed by atoms with Crippen molar-refractivity contribution in [2.45, 2.75) is 18.9 Å². The van der Waals surface area contributed by atoms with Gasteiger partial charge >= 0.3 is 5.97 Å². The highest BCUT2D eigenvalue weighted by molar-refractivity contribution is 6.22. The highest BCUT2D eigenvalue weighted by Crippen LogP contribution is 2.26. The third kappa shape index (κ3) is 3.95. The molecule has 0 bridgehead atoms. The molecule has 0 radical (unpaired) electrons. The van der Waals surface area contributed by atoms with Crippen molar-refractivity contribution in [1.82, 2.24) is 4.90 Å². The smallest absolute Gasteiger partial charge is 0.326 e. The van der Waals surface area contributed by atoms with E-state index in [4.69, 9.17) is 0 Å². The Morgan fingerprint density at radius 3 is 2.07 bits per heavy atom. The first kappa shape index (κ1) is 19.7. The fraction of sp³-hybridized carbons (Fsp3) is 0.158. The lowest BCUT2D eigenvalue weighted by Crippen LogP contribution is -2.45. The van der Waals surface area contributed by atoms with Crippen molar-refractivity contribution in [1.29, 1.82) is 0 Å². The topological polar surface area (TPSA) is 147 Å². The Morgan fingerprint density at radius 1 is 1.03 bits per heavy atom. The van der Waals surface area contributed by atoms with Crippen LogP contribution in [-0.2, 0) is 9.59 Å². The minimum absolute atomic E-state index is 0.124. The van der Waals surface area contributed by atoms with E-state index in [2.05, 4.69) is 5.32 Å². The van der Waals surface area contributed by atoms with Crippen LogP contribution >= 0.6 is 0 Å². The molecule has 0 unspecified atom stereocenters. The van der Waals surface area contributed by atoms with Crippen LogP contribution in [0, 0.1) is 10.1 Å². The Kier molecular flexibility index (Phi) is 5.35. The minimum Gasteiger partial charge on any atom is -0.480 e. The fourth-order valence-electron chi connectivity index (χ4n) is 3.01. The molecular weight excluding hydrogens is 382 g/mol. The van der Waals surface area contributed by atoms with Crippen molar-refractivity contribution >= 4 is 35.1 Å². The number of hydrogen-bond donors (Lipinski definition) is 2. The third-order valence-electron chi connectivity index (χ3n) is 4.43. The number of nitro benzene ring substituents is 1. The number of carbonyl (C=O) groups is 4. The van der Waals surface area contributed by atoms with Crippen molar-refractivity contribution in [3.8, 4) is 0 Å². The van der Waals surface area contributed by atoms with Crippen LogP contribution in [0.2, 0.25) is 0 Å². The van der Waals surface area contributed by atoms with Crippen LogP contribution in [-0.4, -0.2) is 44.7 Å². The maximum absolute atomic E-state index is 12.5. The molecule has 29 heavy (non-hydrogen) atoms. The molecule has 10 heteroatoms. The molecule has 3 rings (SSSR count). The van der Waals surface area contributed by atoms with E-state index in [1.54, 1.807) is 12.1 Å². The lowest BCUT2D eigenvalue weighted by molar-refractivity contribution is -0.384. The zero-order chi connectivity index (χ0) is 21.1. The molecular formula is C19H15N3O7. The van der Waals surface area contributed by atoms with Gasteiger partial charge in [0.05, 0.1) is 16.1 Å². The van der Waals surface area contributed by atoms with E-state index in [1.807, 2.05) is 0 Å². The predicted octanol–water partition coefficient (Wildman–Crippen LogP) is 2.06. The molecule has 0 saturated carbocycles. The summed E-state index contributed by atoms with van der Waals surface area (Å²) in [6.45, 7) is 0. The summed E-state index contributed by atoms with van der Waals surface area (Å²) in [4.78, 5) is 59.4. The summed E-state index contributed by atoms with van der Waals surface area (Å²) in [6, 6.07) is 9.64. The van der Waals surface area contributed by atoms with Gasteiger partial charge in [-0.1, -0.05) is 12.1 Å². The predicted molar refractivity (Wildman–Crippen MR) is 99.3 cm³/mol. The number of carboxylic acid groups (broad SMARTS) is 1. The maximum Gasteiger partial charge on any atom is 0.326 e. The number of amides is 3. The third-order valence-corrected chi connectivity index (χ3v) is 4.43. The molecule has 1 aliphatic heterocycles. The second-order valence-corrected chi connectivity index (χ2v) is 6.27. The number of benzene rings is 2. The molecule has 10 nitrogen and oxygen atoms in total. The SMILES string of the molecule is O=C(CC[C@@H](C(=O)O)N1C(=O)c2ccccc2C1=O)Nc1ccc([N+](=O)[O-])cc1. The summed E-state index contributed by atoms with van der Waals surface area (Å²) in [7, 11) is 0. The zero-order valence-corrected chi connectivity index (χ0v) is 14.9. The molecule has 2 N–H and O–H groups in total. The van der Waals surface area contributed by atoms with E-state index in [-0.39, 0.29) is 29.7 Å². The molecule has 1 aliphatic rings. The number of aliphatic carboxylic acids is 1. The number of hydrogen-bond acceptors (Lipinski definition) is 6. The molecule has 0 spiro atoms. The quantitative estimate of drug-likeness (QED) is 0.413. The second kappa shape index (κ2) is 7.89. The number of rotatable bonds is 7. The van der Waals surface area contributed by atoms with Crippen LogP contribution in [0.15, 0.2) is 48.5 Å². The minimum atomic E-state index is -1.50. The van der Waals surface area contributed by atoms with Crippen LogP contribution < -0.4 is 5.32 Å². The zero-order valence-electron chi connectivity index (χ0n) is 14.9. The second-order valence-electron chi connectivity index (χ2n) is 6.27. The van der Waals surface area contributed by atoms with Crippen molar-refractivity contribution in [3.05, 3.63) is 69.8 Å². The van der Waals surface area contributed by atoms with Crippen molar-refractivity contribution < 1.29 is 29.2 Å². The van der Waals surface area contributed by atoms with Gasteiger partial charge in [0.15, 0.2) is 0 Å². The van der Waals surface area contributed by atoms with E-state index < -0.39 is 34.7 Å². The fourth-order valence-corrected chi connectivity index (χ4v) is 3.01. The lowest BCUT2D eigenvalue weighted by Gasteiger charge is -2.22. The summed E-state index contributed by atoms with van der Waals surface area (Å²) in [6.07, 6.45) is -0.555. The van der Waals surface area contributed by atoms with E-state index in [0.29, 0.717) is 10.6 Å². The van der Waals surface area contributed by atoms with Crippen molar-refractivity contribution in [2.75, 3.05) is 5.32 Å². The Labute approximate surface area is 163 Å². The summed E-state index contributed by atoms with van der Waals surface area (Å²) < 4.78 is 0. The first-order valence-corrected chi connectivity index (χ1v) is 8.53. The Balaban J connectivity index is 1.67. The molecule has 0 fully saturated rings. The van der Waals surface area contributed by atoms with Gasteiger partial charge in [0.1, 0.15) is 6.04 Å². The van der Waals surface area contributed by atoms with Gasteiger partial charge < -0.3 is 10.4 Å². The number of anilines is 1. The maximum atomic E-state index is 12.5. The van der Waals surface area contributed by atoms with E-state index in [1.165, 1.54) is 36.4 Å². The summed E-state index contributed by atoms with van der Waals surface area (Å²) in [5.41, 5.74) is 0.408. The molecule has 2 aromatic carbocycles. The summed E-state index contributed by atoms with van der Waals surface area (Å²) in [5.74, 6) is -3.38. The van der Waals surface area contributed by atoms with Crippen LogP contribution in [0.4, 0.5) is 11.4 Å². The number of nitro groups is 1. The lowest BCUT2D eigenvalue weighted by atomic mass is 10.1. The Hall–Kier alpha value is -4.08. The number of carboxylic acids is 1. The Morgan fingerprint density at radius 2 is 1.59 bits per heavy atom. The van der Waals surface area contributed by atoms with Gasteiger partial charge in [-0.25, -0.2) is 4.79 Å². The largest absolute Gasteiger partial charge is 0.480 e. The van der Waals surface area contributed by atoms with Gasteiger partial charge in [-0.3, -0.25) is 29.4 Å². The van der Waals surface area contributed by atoms with Gasteiger partial charge in [0.25, 0.3) is 17.5 Å².